The summed E-state index contributed by atoms with van der Waals surface area (Å²) in [4.78, 5) is 3.10. The molecule has 3 rings (SSSR count). The summed E-state index contributed by atoms with van der Waals surface area (Å²) in [7, 11) is 0. The van der Waals surface area contributed by atoms with Crippen molar-refractivity contribution in [1.82, 2.24) is 4.98 Å². The number of H-pyrrole nitrogens is 1. The minimum Gasteiger partial charge on any atom is -0.445 e. The number of halogens is 3. The molecule has 3 aromatic rings. The molecule has 0 saturated heterocycles. The van der Waals surface area contributed by atoms with E-state index in [2.05, 4.69) is 4.98 Å². The Balaban J connectivity index is 0.00000120. The first-order valence-corrected chi connectivity index (χ1v) is 5.26. The van der Waals surface area contributed by atoms with Crippen molar-refractivity contribution < 1.29 is 64.3 Å². The molecule has 1 N–H and O–H groups in total. The van der Waals surface area contributed by atoms with Gasteiger partial charge in [-0.15, -0.1) is 5.46 Å². The first kappa shape index (κ1) is 14.1. The molecule has 1 nitrogen and oxygen atoms in total. The summed E-state index contributed by atoms with van der Waals surface area (Å²) in [6, 6.07) is 11.2. The summed E-state index contributed by atoms with van der Waals surface area (Å²) in [6.07, 6.45) is 0. The van der Waals surface area contributed by atoms with Crippen molar-refractivity contribution in [2.45, 2.75) is 0 Å². The zero-order valence-electron chi connectivity index (χ0n) is 9.75. The Bertz CT molecular complexity index is 705. The molecule has 0 radical (unpaired) electrons. The number of aromatic amines is 1. The average Bonchev–Trinajstić information content (AvgIpc) is 2.65. The van der Waals surface area contributed by atoms with E-state index >= 15 is 0 Å². The first-order valence-electron chi connectivity index (χ1n) is 5.26. The largest absolute Gasteiger partial charge is 1.00 e. The third-order valence-electron chi connectivity index (χ3n) is 2.91. The fourth-order valence-corrected chi connectivity index (χ4v) is 2.07. The Hall–Kier alpha value is -0.269. The molecule has 0 aliphatic rings. The Kier molecular flexibility index (Phi) is 3.94. The Labute approximate surface area is 144 Å². The molecular weight excluding hydrogens is 265 g/mol. The van der Waals surface area contributed by atoms with Crippen LogP contribution in [0.5, 0.6) is 0 Å². The number of benzene rings is 2. The van der Waals surface area contributed by atoms with Crippen LogP contribution < -0.4 is 56.8 Å². The molecular formula is C12H8BF3KN. The van der Waals surface area contributed by atoms with Crippen molar-refractivity contribution in [2.75, 3.05) is 0 Å². The van der Waals surface area contributed by atoms with Crippen LogP contribution in [0.4, 0.5) is 12.9 Å². The van der Waals surface area contributed by atoms with Crippen LogP contribution in [0.15, 0.2) is 42.5 Å². The van der Waals surface area contributed by atoms with Crippen LogP contribution in [-0.2, 0) is 0 Å². The number of hydrogen-bond donors (Lipinski definition) is 1. The second kappa shape index (κ2) is 5.02. The van der Waals surface area contributed by atoms with Gasteiger partial charge in [0.2, 0.25) is 0 Å². The van der Waals surface area contributed by atoms with Crippen molar-refractivity contribution in [2.24, 2.45) is 0 Å². The van der Waals surface area contributed by atoms with Gasteiger partial charge in [0.05, 0.1) is 0 Å². The maximum atomic E-state index is 12.7. The predicted octanol–water partition coefficient (Wildman–Crippen LogP) is 0.380. The number of fused-ring (bicyclic) bond motifs is 3. The number of aromatic nitrogens is 1. The molecule has 0 bridgehead atoms. The molecule has 6 heteroatoms. The van der Waals surface area contributed by atoms with Crippen LogP contribution in [-0.4, -0.2) is 12.0 Å². The van der Waals surface area contributed by atoms with Crippen LogP contribution >= 0.6 is 0 Å². The summed E-state index contributed by atoms with van der Waals surface area (Å²) in [5, 5.41) is 1.45. The summed E-state index contributed by atoms with van der Waals surface area (Å²) in [5.41, 5.74) is 1.03. The Morgan fingerprint density at radius 2 is 1.50 bits per heavy atom. The maximum absolute atomic E-state index is 12.7. The second-order valence-corrected chi connectivity index (χ2v) is 4.05. The summed E-state index contributed by atoms with van der Waals surface area (Å²) in [6.45, 7) is -4.94. The van der Waals surface area contributed by atoms with Gasteiger partial charge >= 0.3 is 58.4 Å². The number of rotatable bonds is 1. The van der Waals surface area contributed by atoms with Crippen molar-refractivity contribution >= 4 is 34.2 Å². The fourth-order valence-electron chi connectivity index (χ4n) is 2.07. The van der Waals surface area contributed by atoms with Crippen LogP contribution in [0.25, 0.3) is 21.8 Å². The SMILES string of the molecule is F[B-](F)(F)c1ccc2[nH]c3ccccc3c2c1.[K+]. The minimum absolute atomic E-state index is 0. The molecule has 0 fully saturated rings. The zero-order chi connectivity index (χ0) is 12.0. The van der Waals surface area contributed by atoms with E-state index in [1.807, 2.05) is 24.3 Å². The van der Waals surface area contributed by atoms with Crippen LogP contribution in [0.1, 0.15) is 0 Å². The van der Waals surface area contributed by atoms with E-state index in [0.29, 0.717) is 5.39 Å². The van der Waals surface area contributed by atoms with Gasteiger partial charge in [0.1, 0.15) is 0 Å². The Morgan fingerprint density at radius 3 is 2.22 bits per heavy atom. The molecule has 1 aromatic heterocycles. The van der Waals surface area contributed by atoms with Crippen LogP contribution in [0.2, 0.25) is 0 Å². The minimum atomic E-state index is -4.94. The van der Waals surface area contributed by atoms with E-state index in [1.54, 1.807) is 0 Å². The van der Waals surface area contributed by atoms with Crippen molar-refractivity contribution in [3.63, 3.8) is 0 Å². The molecule has 18 heavy (non-hydrogen) atoms. The van der Waals surface area contributed by atoms with E-state index in [-0.39, 0.29) is 51.4 Å². The fraction of sp³-hybridized carbons (Fsp3) is 0. The van der Waals surface area contributed by atoms with Gasteiger partial charge in [-0.2, -0.15) is 0 Å². The molecule has 0 spiro atoms. The first-order chi connectivity index (χ1) is 8.05. The molecule has 0 amide bonds. The normalized spacial score (nSPS) is 11.7. The average molecular weight is 273 g/mol. The van der Waals surface area contributed by atoms with Gasteiger partial charge in [-0.1, -0.05) is 30.3 Å². The standard InChI is InChI=1S/C12H8BF3N.K/c14-13(15,16)8-5-6-12-10(7-8)9-3-1-2-4-11(9)17-12;/h1-7,17H;/q-1;+1. The van der Waals surface area contributed by atoms with Gasteiger partial charge < -0.3 is 17.9 Å². The van der Waals surface area contributed by atoms with Crippen molar-refractivity contribution in [3.05, 3.63) is 42.5 Å². The number of para-hydroxylation sites is 1. The van der Waals surface area contributed by atoms with Crippen LogP contribution in [0.3, 0.4) is 0 Å². The molecule has 0 saturated carbocycles. The Morgan fingerprint density at radius 1 is 0.833 bits per heavy atom. The van der Waals surface area contributed by atoms with Gasteiger partial charge in [0, 0.05) is 21.8 Å². The molecule has 0 aliphatic carbocycles. The molecule has 0 aliphatic heterocycles. The van der Waals surface area contributed by atoms with E-state index in [9.17, 15) is 12.9 Å². The predicted molar refractivity (Wildman–Crippen MR) is 64.5 cm³/mol. The zero-order valence-corrected chi connectivity index (χ0v) is 12.9. The van der Waals surface area contributed by atoms with Crippen molar-refractivity contribution in [1.29, 1.82) is 0 Å². The van der Waals surface area contributed by atoms with E-state index in [0.717, 1.165) is 22.5 Å². The molecule has 0 atom stereocenters. The summed E-state index contributed by atoms with van der Waals surface area (Å²) >= 11 is 0. The van der Waals surface area contributed by atoms with Gasteiger partial charge in [0.15, 0.2) is 0 Å². The third kappa shape index (κ3) is 2.40. The van der Waals surface area contributed by atoms with E-state index in [1.165, 1.54) is 12.1 Å². The van der Waals surface area contributed by atoms with E-state index < -0.39 is 12.4 Å². The van der Waals surface area contributed by atoms with Gasteiger partial charge in [-0.3, -0.25) is 0 Å². The van der Waals surface area contributed by atoms with Gasteiger partial charge in [-0.05, 0) is 12.1 Å². The second-order valence-electron chi connectivity index (χ2n) is 4.05. The smallest absolute Gasteiger partial charge is 0.445 e. The third-order valence-corrected chi connectivity index (χ3v) is 2.91. The molecule has 1 heterocycles. The monoisotopic (exact) mass is 273 g/mol. The van der Waals surface area contributed by atoms with Crippen LogP contribution in [0, 0.1) is 0 Å². The maximum Gasteiger partial charge on any atom is 1.00 e. The summed E-state index contributed by atoms with van der Waals surface area (Å²) in [5.74, 6) is 0. The topological polar surface area (TPSA) is 15.8 Å². The van der Waals surface area contributed by atoms with Gasteiger partial charge in [0.25, 0.3) is 0 Å². The molecule has 86 valence electrons. The molecule has 2 aromatic carbocycles. The summed E-state index contributed by atoms with van der Waals surface area (Å²) < 4.78 is 38.0. The van der Waals surface area contributed by atoms with Crippen molar-refractivity contribution in [3.8, 4) is 0 Å². The molecule has 0 unspecified atom stereocenters. The quantitative estimate of drug-likeness (QED) is 0.617. The van der Waals surface area contributed by atoms with E-state index in [4.69, 9.17) is 0 Å². The van der Waals surface area contributed by atoms with Gasteiger partial charge in [-0.25, -0.2) is 0 Å². The number of nitrogens with one attached hydrogen (secondary N) is 1. The number of hydrogen-bond acceptors (Lipinski definition) is 0.